The van der Waals surface area contributed by atoms with Crippen LogP contribution in [0.2, 0.25) is 0 Å². The van der Waals surface area contributed by atoms with E-state index >= 15 is 0 Å². The van der Waals surface area contributed by atoms with Crippen LogP contribution in [0.5, 0.6) is 0 Å². The van der Waals surface area contributed by atoms with Gasteiger partial charge >= 0.3 is 12.0 Å². The summed E-state index contributed by atoms with van der Waals surface area (Å²) < 4.78 is 6.76. The lowest BCUT2D eigenvalue weighted by Gasteiger charge is -2.16. The number of amides is 2. The molecule has 1 aromatic heterocycles. The number of nitrogens with zero attached hydrogens (tertiary/aromatic N) is 2. The smallest absolute Gasteiger partial charge is 0.330 e. The van der Waals surface area contributed by atoms with Gasteiger partial charge in [0.2, 0.25) is 0 Å². The predicted molar refractivity (Wildman–Crippen MR) is 116 cm³/mol. The fraction of sp³-hybridized carbons (Fsp3) is 0.174. The Labute approximate surface area is 175 Å². The summed E-state index contributed by atoms with van der Waals surface area (Å²) in [6, 6.07) is 14.6. The Hall–Kier alpha value is -3.87. The first-order chi connectivity index (χ1) is 14.5. The van der Waals surface area contributed by atoms with Crippen LogP contribution in [0.3, 0.4) is 0 Å². The first-order valence-corrected chi connectivity index (χ1v) is 9.66. The van der Waals surface area contributed by atoms with Crippen LogP contribution < -0.4 is 10.6 Å². The van der Waals surface area contributed by atoms with Gasteiger partial charge < -0.3 is 19.9 Å². The maximum absolute atomic E-state index is 12.3. The van der Waals surface area contributed by atoms with Crippen LogP contribution in [0, 0.1) is 0 Å². The third kappa shape index (κ3) is 5.81. The Balaban J connectivity index is 1.53. The van der Waals surface area contributed by atoms with Gasteiger partial charge in [-0.05, 0) is 55.3 Å². The summed E-state index contributed by atoms with van der Waals surface area (Å²) in [5.41, 5.74) is 3.49. The number of rotatable bonds is 7. The van der Waals surface area contributed by atoms with Crippen LogP contribution in [0.15, 0.2) is 73.3 Å². The minimum atomic E-state index is -0.383. The second-order valence-electron chi connectivity index (χ2n) is 6.59. The standard InChI is InChI=1S/C23H24N4O3/c1-3-30-22(28)13-6-18-4-9-20(10-5-18)26-23(29)25-17(2)19-7-11-21(12-8-19)27-15-14-24-16-27/h4-17H,3H2,1-2H3,(H2,25,26,29)/b13-6-/t17-/m0/s1. The van der Waals surface area contributed by atoms with E-state index in [0.29, 0.717) is 12.3 Å². The van der Waals surface area contributed by atoms with Gasteiger partial charge in [-0.25, -0.2) is 14.6 Å². The Morgan fingerprint density at radius 3 is 2.50 bits per heavy atom. The van der Waals surface area contributed by atoms with Crippen molar-refractivity contribution in [2.24, 2.45) is 0 Å². The Kier molecular flexibility index (Phi) is 7.00. The molecule has 0 aliphatic rings. The predicted octanol–water partition coefficient (Wildman–Crippen LogP) is 4.33. The second-order valence-corrected chi connectivity index (χ2v) is 6.59. The van der Waals surface area contributed by atoms with Crippen molar-refractivity contribution in [1.29, 1.82) is 0 Å². The quantitative estimate of drug-likeness (QED) is 0.453. The normalized spacial score (nSPS) is 11.8. The minimum Gasteiger partial charge on any atom is -0.463 e. The summed E-state index contributed by atoms with van der Waals surface area (Å²) in [5, 5.41) is 5.73. The minimum absolute atomic E-state index is 0.159. The van der Waals surface area contributed by atoms with Crippen LogP contribution in [0.4, 0.5) is 10.5 Å². The van der Waals surface area contributed by atoms with E-state index in [1.807, 2.05) is 54.1 Å². The Morgan fingerprint density at radius 1 is 1.13 bits per heavy atom. The summed E-state index contributed by atoms with van der Waals surface area (Å²) in [6.45, 7) is 4.03. The molecule has 0 bridgehead atoms. The number of nitrogens with one attached hydrogen (secondary N) is 2. The lowest BCUT2D eigenvalue weighted by Crippen LogP contribution is -2.31. The lowest BCUT2D eigenvalue weighted by molar-refractivity contribution is -0.137. The van der Waals surface area contributed by atoms with Crippen molar-refractivity contribution in [2.75, 3.05) is 11.9 Å². The number of esters is 1. The van der Waals surface area contributed by atoms with Crippen LogP contribution >= 0.6 is 0 Å². The Bertz CT molecular complexity index is 994. The summed E-state index contributed by atoms with van der Waals surface area (Å²) in [4.78, 5) is 27.7. The van der Waals surface area contributed by atoms with Gasteiger partial charge in [-0.1, -0.05) is 24.3 Å². The molecule has 0 saturated heterocycles. The first-order valence-electron chi connectivity index (χ1n) is 9.66. The van der Waals surface area contributed by atoms with Crippen molar-refractivity contribution < 1.29 is 14.3 Å². The van der Waals surface area contributed by atoms with Crippen LogP contribution in [0.1, 0.15) is 31.0 Å². The first kappa shape index (κ1) is 20.9. The molecule has 3 rings (SSSR count). The highest BCUT2D eigenvalue weighted by Crippen LogP contribution is 2.16. The summed E-state index contributed by atoms with van der Waals surface area (Å²) in [6.07, 6.45) is 8.38. The molecule has 0 spiro atoms. The monoisotopic (exact) mass is 404 g/mol. The van der Waals surface area contributed by atoms with Crippen molar-refractivity contribution in [3.8, 4) is 5.69 Å². The van der Waals surface area contributed by atoms with Gasteiger partial charge in [0.1, 0.15) is 0 Å². The molecule has 7 nitrogen and oxygen atoms in total. The number of benzene rings is 2. The number of carbonyl (C=O) groups is 2. The maximum atomic E-state index is 12.3. The molecule has 0 aliphatic heterocycles. The van der Waals surface area contributed by atoms with Crippen LogP contribution in [-0.2, 0) is 9.53 Å². The van der Waals surface area contributed by atoms with Crippen molar-refractivity contribution in [1.82, 2.24) is 14.9 Å². The number of anilines is 1. The topological polar surface area (TPSA) is 85.2 Å². The molecule has 0 saturated carbocycles. The molecule has 2 N–H and O–H groups in total. The second kappa shape index (κ2) is 10.1. The summed E-state index contributed by atoms with van der Waals surface area (Å²) in [7, 11) is 0. The van der Waals surface area contributed by atoms with E-state index in [-0.39, 0.29) is 18.0 Å². The van der Waals surface area contributed by atoms with E-state index in [1.165, 1.54) is 6.08 Å². The fourth-order valence-electron chi connectivity index (χ4n) is 2.83. The lowest BCUT2D eigenvalue weighted by atomic mass is 10.1. The molecule has 2 aromatic carbocycles. The van der Waals surface area contributed by atoms with E-state index in [9.17, 15) is 9.59 Å². The van der Waals surface area contributed by atoms with Gasteiger partial charge in [0.25, 0.3) is 0 Å². The molecule has 0 fully saturated rings. The average Bonchev–Trinajstić information content (AvgIpc) is 3.28. The van der Waals surface area contributed by atoms with Crippen LogP contribution in [0.25, 0.3) is 11.8 Å². The number of urea groups is 1. The van der Waals surface area contributed by atoms with Gasteiger partial charge in [0, 0.05) is 29.8 Å². The number of hydrogen-bond acceptors (Lipinski definition) is 4. The van der Waals surface area contributed by atoms with E-state index in [2.05, 4.69) is 15.6 Å². The molecular weight excluding hydrogens is 380 g/mol. The van der Waals surface area contributed by atoms with Gasteiger partial charge in [0.15, 0.2) is 0 Å². The van der Waals surface area contributed by atoms with Crippen LogP contribution in [-0.4, -0.2) is 28.2 Å². The zero-order valence-corrected chi connectivity index (χ0v) is 16.9. The highest BCUT2D eigenvalue weighted by Gasteiger charge is 2.10. The van der Waals surface area contributed by atoms with Crippen molar-refractivity contribution in [3.63, 3.8) is 0 Å². The highest BCUT2D eigenvalue weighted by atomic mass is 16.5. The number of aromatic nitrogens is 2. The summed E-state index contributed by atoms with van der Waals surface area (Å²) >= 11 is 0. The number of imidazole rings is 1. The number of hydrogen-bond donors (Lipinski definition) is 2. The van der Waals surface area contributed by atoms with Crippen molar-refractivity contribution in [3.05, 3.63) is 84.5 Å². The molecule has 2 amide bonds. The number of carbonyl (C=O) groups excluding carboxylic acids is 2. The SMILES string of the molecule is CCOC(=O)/C=C\c1ccc(NC(=O)N[C@@H](C)c2ccc(-n3ccnc3)cc2)cc1. The molecule has 30 heavy (non-hydrogen) atoms. The van der Waals surface area contributed by atoms with Gasteiger partial charge in [-0.3, -0.25) is 0 Å². The molecule has 0 aliphatic carbocycles. The maximum Gasteiger partial charge on any atom is 0.330 e. The molecule has 0 radical (unpaired) electrons. The van der Waals surface area contributed by atoms with E-state index in [0.717, 1.165) is 16.8 Å². The van der Waals surface area contributed by atoms with Crippen molar-refractivity contribution in [2.45, 2.75) is 19.9 Å². The Morgan fingerprint density at radius 2 is 1.87 bits per heavy atom. The molecule has 1 atom stereocenters. The molecule has 1 heterocycles. The van der Waals surface area contributed by atoms with Gasteiger partial charge in [-0.2, -0.15) is 0 Å². The third-order valence-electron chi connectivity index (χ3n) is 4.41. The summed E-state index contributed by atoms with van der Waals surface area (Å²) in [5.74, 6) is -0.383. The van der Waals surface area contributed by atoms with E-state index < -0.39 is 0 Å². The molecule has 154 valence electrons. The third-order valence-corrected chi connectivity index (χ3v) is 4.41. The molecule has 0 unspecified atom stereocenters. The van der Waals surface area contributed by atoms with Crippen molar-refractivity contribution >= 4 is 23.8 Å². The van der Waals surface area contributed by atoms with Gasteiger partial charge in [0.05, 0.1) is 19.0 Å². The fourth-order valence-corrected chi connectivity index (χ4v) is 2.83. The van der Waals surface area contributed by atoms with E-state index in [4.69, 9.17) is 4.74 Å². The largest absolute Gasteiger partial charge is 0.463 e. The number of ether oxygens (including phenoxy) is 1. The highest BCUT2D eigenvalue weighted by molar-refractivity contribution is 5.90. The molecular formula is C23H24N4O3. The molecule has 7 heteroatoms. The zero-order chi connectivity index (χ0) is 21.3. The van der Waals surface area contributed by atoms with Gasteiger partial charge in [-0.15, -0.1) is 0 Å². The average molecular weight is 404 g/mol. The van der Waals surface area contributed by atoms with E-state index in [1.54, 1.807) is 37.7 Å². The zero-order valence-electron chi connectivity index (χ0n) is 16.9. The molecule has 3 aromatic rings.